The topological polar surface area (TPSA) is 3.24 Å². The summed E-state index contributed by atoms with van der Waals surface area (Å²) in [6, 6.07) is 9.05. The molecular weight excluding hydrogens is 194 g/mol. The summed E-state index contributed by atoms with van der Waals surface area (Å²) in [5.41, 5.74) is 3.86. The average molecular weight is 215 g/mol. The first-order chi connectivity index (χ1) is 7.81. The molecule has 1 heteroatoms. The molecule has 1 aromatic rings. The lowest BCUT2D eigenvalue weighted by Crippen LogP contribution is -2.40. The second kappa shape index (κ2) is 3.89. The molecule has 0 saturated carbocycles. The third-order valence-corrected chi connectivity index (χ3v) is 4.61. The summed E-state index contributed by atoms with van der Waals surface area (Å²) < 4.78 is 0. The van der Waals surface area contributed by atoms with Gasteiger partial charge in [0.25, 0.3) is 0 Å². The van der Waals surface area contributed by atoms with Gasteiger partial charge in [-0.2, -0.15) is 0 Å². The lowest BCUT2D eigenvalue weighted by atomic mass is 9.76. The van der Waals surface area contributed by atoms with Crippen LogP contribution in [-0.4, -0.2) is 24.5 Å². The SMILES string of the molecule is CCN1CCC2(CC1)Cc1ccccc1C2. The predicted octanol–water partition coefficient (Wildman–Crippen LogP) is 2.89. The zero-order valence-electron chi connectivity index (χ0n) is 10.2. The van der Waals surface area contributed by atoms with E-state index in [1.807, 2.05) is 0 Å². The highest BCUT2D eigenvalue weighted by atomic mass is 15.1. The smallest absolute Gasteiger partial charge is 0.00133 e. The summed E-state index contributed by atoms with van der Waals surface area (Å²) in [5, 5.41) is 0. The average Bonchev–Trinajstić information content (AvgIpc) is 2.68. The molecule has 16 heavy (non-hydrogen) atoms. The van der Waals surface area contributed by atoms with Gasteiger partial charge in [-0.05, 0) is 61.9 Å². The van der Waals surface area contributed by atoms with E-state index in [0.717, 1.165) is 0 Å². The maximum atomic E-state index is 2.59. The molecule has 0 bridgehead atoms. The van der Waals surface area contributed by atoms with E-state index >= 15 is 0 Å². The molecule has 0 amide bonds. The molecule has 1 aromatic carbocycles. The molecule has 1 fully saturated rings. The minimum absolute atomic E-state index is 0.620. The number of rotatable bonds is 1. The molecule has 0 unspecified atom stereocenters. The molecule has 1 spiro atoms. The summed E-state index contributed by atoms with van der Waals surface area (Å²) >= 11 is 0. The molecule has 1 aliphatic heterocycles. The number of fused-ring (bicyclic) bond motifs is 1. The van der Waals surface area contributed by atoms with Crippen molar-refractivity contribution in [3.05, 3.63) is 35.4 Å². The number of hydrogen-bond acceptors (Lipinski definition) is 1. The maximum absolute atomic E-state index is 2.59. The van der Waals surface area contributed by atoms with Gasteiger partial charge in [-0.25, -0.2) is 0 Å². The van der Waals surface area contributed by atoms with Crippen LogP contribution in [0.2, 0.25) is 0 Å². The van der Waals surface area contributed by atoms with E-state index in [1.54, 1.807) is 11.1 Å². The van der Waals surface area contributed by atoms with E-state index in [1.165, 1.54) is 45.3 Å². The number of benzene rings is 1. The monoisotopic (exact) mass is 215 g/mol. The number of hydrogen-bond donors (Lipinski definition) is 0. The van der Waals surface area contributed by atoms with E-state index in [9.17, 15) is 0 Å². The molecule has 1 saturated heterocycles. The maximum Gasteiger partial charge on any atom is -0.00133 e. The molecule has 0 N–H and O–H groups in total. The van der Waals surface area contributed by atoms with Gasteiger partial charge in [-0.3, -0.25) is 0 Å². The van der Waals surface area contributed by atoms with E-state index in [2.05, 4.69) is 36.1 Å². The van der Waals surface area contributed by atoms with Crippen LogP contribution in [0.3, 0.4) is 0 Å². The van der Waals surface area contributed by atoms with E-state index in [-0.39, 0.29) is 0 Å². The van der Waals surface area contributed by atoms with Gasteiger partial charge in [0.05, 0.1) is 0 Å². The van der Waals surface area contributed by atoms with Crippen molar-refractivity contribution in [2.45, 2.75) is 32.6 Å². The normalized spacial score (nSPS) is 23.6. The van der Waals surface area contributed by atoms with Gasteiger partial charge in [0.2, 0.25) is 0 Å². The first-order valence-corrected chi connectivity index (χ1v) is 6.60. The van der Waals surface area contributed by atoms with Crippen LogP contribution in [-0.2, 0) is 12.8 Å². The zero-order chi connectivity index (χ0) is 11.0. The van der Waals surface area contributed by atoms with Crippen LogP contribution in [0.4, 0.5) is 0 Å². The van der Waals surface area contributed by atoms with Crippen LogP contribution in [0.1, 0.15) is 30.9 Å². The van der Waals surface area contributed by atoms with Crippen molar-refractivity contribution < 1.29 is 0 Å². The molecule has 3 rings (SSSR count). The Labute approximate surface area is 98.5 Å². The fourth-order valence-electron chi connectivity index (χ4n) is 3.47. The van der Waals surface area contributed by atoms with Crippen LogP contribution in [0.15, 0.2) is 24.3 Å². The van der Waals surface area contributed by atoms with Gasteiger partial charge in [0, 0.05) is 0 Å². The Morgan fingerprint density at radius 3 is 2.12 bits per heavy atom. The fraction of sp³-hybridized carbons (Fsp3) is 0.600. The Kier molecular flexibility index (Phi) is 2.51. The minimum Gasteiger partial charge on any atom is -0.304 e. The number of piperidine rings is 1. The first-order valence-electron chi connectivity index (χ1n) is 6.60. The summed E-state index contributed by atoms with van der Waals surface area (Å²) in [6.07, 6.45) is 5.46. The highest BCUT2D eigenvalue weighted by Gasteiger charge is 2.39. The second-order valence-corrected chi connectivity index (χ2v) is 5.56. The third kappa shape index (κ3) is 1.67. The van der Waals surface area contributed by atoms with Crippen molar-refractivity contribution in [1.29, 1.82) is 0 Å². The fourth-order valence-corrected chi connectivity index (χ4v) is 3.47. The van der Waals surface area contributed by atoms with E-state index in [4.69, 9.17) is 0 Å². The Morgan fingerprint density at radius 2 is 1.62 bits per heavy atom. The third-order valence-electron chi connectivity index (χ3n) is 4.61. The molecule has 1 nitrogen and oxygen atoms in total. The molecule has 1 heterocycles. The van der Waals surface area contributed by atoms with E-state index in [0.29, 0.717) is 5.41 Å². The highest BCUT2D eigenvalue weighted by Crippen LogP contribution is 2.44. The van der Waals surface area contributed by atoms with Crippen LogP contribution >= 0.6 is 0 Å². The van der Waals surface area contributed by atoms with Crippen LogP contribution in [0, 0.1) is 5.41 Å². The van der Waals surface area contributed by atoms with E-state index < -0.39 is 0 Å². The largest absolute Gasteiger partial charge is 0.304 e. The van der Waals surface area contributed by atoms with Gasteiger partial charge < -0.3 is 4.90 Å². The second-order valence-electron chi connectivity index (χ2n) is 5.56. The van der Waals surface area contributed by atoms with Gasteiger partial charge in [0.1, 0.15) is 0 Å². The van der Waals surface area contributed by atoms with Crippen molar-refractivity contribution in [3.63, 3.8) is 0 Å². The number of likely N-dealkylation sites (tertiary alicyclic amines) is 1. The Hall–Kier alpha value is -0.820. The lowest BCUT2D eigenvalue weighted by molar-refractivity contribution is 0.116. The van der Waals surface area contributed by atoms with Crippen LogP contribution in [0.25, 0.3) is 0 Å². The van der Waals surface area contributed by atoms with Gasteiger partial charge in [-0.15, -0.1) is 0 Å². The first kappa shape index (κ1) is 10.3. The molecule has 0 atom stereocenters. The van der Waals surface area contributed by atoms with Crippen molar-refractivity contribution in [3.8, 4) is 0 Å². The molecule has 1 aliphatic carbocycles. The molecule has 0 radical (unpaired) electrons. The summed E-state index contributed by atoms with van der Waals surface area (Å²) in [4.78, 5) is 2.59. The minimum atomic E-state index is 0.620. The Morgan fingerprint density at radius 1 is 1.06 bits per heavy atom. The van der Waals surface area contributed by atoms with Crippen molar-refractivity contribution in [2.75, 3.05) is 19.6 Å². The Balaban J connectivity index is 1.75. The predicted molar refractivity (Wildman–Crippen MR) is 67.6 cm³/mol. The Bertz CT molecular complexity index is 348. The van der Waals surface area contributed by atoms with Crippen molar-refractivity contribution in [2.24, 2.45) is 5.41 Å². The van der Waals surface area contributed by atoms with Crippen molar-refractivity contribution in [1.82, 2.24) is 4.90 Å². The number of nitrogens with zero attached hydrogens (tertiary/aromatic N) is 1. The molecule has 2 aliphatic rings. The van der Waals surface area contributed by atoms with Gasteiger partial charge in [0.15, 0.2) is 0 Å². The summed E-state index contributed by atoms with van der Waals surface area (Å²) in [7, 11) is 0. The zero-order valence-corrected chi connectivity index (χ0v) is 10.2. The lowest BCUT2D eigenvalue weighted by Gasteiger charge is -2.39. The van der Waals surface area contributed by atoms with Crippen molar-refractivity contribution >= 4 is 0 Å². The molecule has 86 valence electrons. The highest BCUT2D eigenvalue weighted by molar-refractivity contribution is 5.34. The van der Waals surface area contributed by atoms with Gasteiger partial charge in [-0.1, -0.05) is 31.2 Å². The standard InChI is InChI=1S/C15H21N/c1-2-16-9-7-15(8-10-16)11-13-5-3-4-6-14(13)12-15/h3-6H,2,7-12H2,1H3. The summed E-state index contributed by atoms with van der Waals surface area (Å²) in [5.74, 6) is 0. The van der Waals surface area contributed by atoms with Gasteiger partial charge >= 0.3 is 0 Å². The quantitative estimate of drug-likeness (QED) is 0.696. The van der Waals surface area contributed by atoms with Crippen LogP contribution in [0.5, 0.6) is 0 Å². The summed E-state index contributed by atoms with van der Waals surface area (Å²) in [6.45, 7) is 6.12. The van der Waals surface area contributed by atoms with Crippen LogP contribution < -0.4 is 0 Å². The molecule has 0 aromatic heterocycles. The molecular formula is C15H21N.